The van der Waals surface area contributed by atoms with Gasteiger partial charge in [-0.3, -0.25) is 29.4 Å². The van der Waals surface area contributed by atoms with Crippen molar-refractivity contribution in [1.29, 1.82) is 0 Å². The van der Waals surface area contributed by atoms with Gasteiger partial charge in [-0.2, -0.15) is 0 Å². The van der Waals surface area contributed by atoms with Gasteiger partial charge in [0.05, 0.1) is 0 Å². The molecule has 2 rings (SSSR count). The van der Waals surface area contributed by atoms with Gasteiger partial charge in [-0.05, 0) is 0 Å². The van der Waals surface area contributed by atoms with Crippen molar-refractivity contribution in [2.45, 2.75) is 0 Å². The molecule has 8 heteroatoms. The molecule has 0 saturated heterocycles. The van der Waals surface area contributed by atoms with Gasteiger partial charge < -0.3 is 0 Å². The summed E-state index contributed by atoms with van der Waals surface area (Å²) in [5, 5.41) is 0. The summed E-state index contributed by atoms with van der Waals surface area (Å²) in [5.41, 5.74) is -1.65. The molecule has 0 unspecified atom stereocenters. The molecule has 2 heterocycles. The lowest BCUT2D eigenvalue weighted by atomic mass is 10.5. The van der Waals surface area contributed by atoms with E-state index in [1.807, 2.05) is 4.98 Å². The van der Waals surface area contributed by atoms with Crippen LogP contribution in [0.1, 0.15) is 0 Å². The van der Waals surface area contributed by atoms with Gasteiger partial charge in [-0.15, -0.1) is 0 Å². The Balaban J connectivity index is 0.000000845. The predicted octanol–water partition coefficient (Wildman–Crippen LogP) is -1.61. The highest BCUT2D eigenvalue weighted by Crippen LogP contribution is 1.88. The Hall–Kier alpha value is -2.12. The zero-order valence-electron chi connectivity index (χ0n) is 6.13. The van der Waals surface area contributed by atoms with E-state index in [0.717, 1.165) is 0 Å². The van der Waals surface area contributed by atoms with E-state index in [1.165, 1.54) is 0 Å². The largest absolute Gasteiger partial charge is 0.327 e. The summed E-state index contributed by atoms with van der Waals surface area (Å²) >= 11 is 0. The molecule has 13 heavy (non-hydrogen) atoms. The molecule has 0 bridgehead atoms. The van der Waals surface area contributed by atoms with Crippen LogP contribution >= 0.6 is 0 Å². The zero-order chi connectivity index (χ0) is 8.72. The molecule has 4 N–H and O–H groups in total. The lowest BCUT2D eigenvalue weighted by molar-refractivity contribution is 1.07. The highest BCUT2D eigenvalue weighted by atomic mass is 19.0. The van der Waals surface area contributed by atoms with Crippen molar-refractivity contribution in [3.8, 4) is 0 Å². The number of imidazole rings is 1. The van der Waals surface area contributed by atoms with Crippen LogP contribution in [0.3, 0.4) is 0 Å². The van der Waals surface area contributed by atoms with Crippen LogP contribution in [-0.2, 0) is 0 Å². The van der Waals surface area contributed by atoms with Crippen LogP contribution in [0.5, 0.6) is 0 Å². The van der Waals surface area contributed by atoms with Crippen LogP contribution in [0, 0.1) is 0 Å². The maximum atomic E-state index is 10.9. The van der Waals surface area contributed by atoms with E-state index >= 15 is 0 Å². The van der Waals surface area contributed by atoms with Crippen LogP contribution in [0.4, 0.5) is 4.70 Å². The number of nitrogens with one attached hydrogen (secondary N) is 4. The van der Waals surface area contributed by atoms with Gasteiger partial charge in [-0.1, -0.05) is 0 Å². The Morgan fingerprint density at radius 3 is 1.92 bits per heavy atom. The molecular formula is C5H5FN4O3. The second-order valence-corrected chi connectivity index (χ2v) is 2.24. The van der Waals surface area contributed by atoms with Gasteiger partial charge in [-0.25, -0.2) is 9.59 Å². The summed E-state index contributed by atoms with van der Waals surface area (Å²) in [4.78, 5) is 41.0. The number of rotatable bonds is 0. The molecule has 0 aliphatic carbocycles. The molecule has 0 spiro atoms. The number of aromatic nitrogens is 4. The smallest absolute Gasteiger partial charge is 0.300 e. The third-order valence-electron chi connectivity index (χ3n) is 1.42. The number of aromatic amines is 4. The Bertz CT molecular complexity index is 588. The summed E-state index contributed by atoms with van der Waals surface area (Å²) in [5.74, 6) is 0. The molecule has 0 radical (unpaired) electrons. The Labute approximate surface area is 68.2 Å². The third-order valence-corrected chi connectivity index (χ3v) is 1.42. The van der Waals surface area contributed by atoms with Gasteiger partial charge in [0.15, 0.2) is 0 Å². The highest BCUT2D eigenvalue weighted by Gasteiger charge is 2.02. The van der Waals surface area contributed by atoms with E-state index < -0.39 is 16.9 Å². The van der Waals surface area contributed by atoms with Gasteiger partial charge in [0.2, 0.25) is 0 Å². The fourth-order valence-corrected chi connectivity index (χ4v) is 0.958. The molecule has 0 aromatic carbocycles. The quantitative estimate of drug-likeness (QED) is 0.398. The zero-order valence-corrected chi connectivity index (χ0v) is 6.13. The molecule has 0 aliphatic rings. The monoisotopic (exact) mass is 188 g/mol. The van der Waals surface area contributed by atoms with Gasteiger partial charge in [0.1, 0.15) is 11.2 Å². The van der Waals surface area contributed by atoms with Crippen molar-refractivity contribution in [1.82, 2.24) is 19.9 Å². The molecule has 2 aromatic rings. The van der Waals surface area contributed by atoms with Crippen LogP contribution in [0.2, 0.25) is 0 Å². The van der Waals surface area contributed by atoms with Crippen LogP contribution in [-0.4, -0.2) is 19.9 Å². The number of fused-ring (bicyclic) bond motifs is 1. The highest BCUT2D eigenvalue weighted by molar-refractivity contribution is 5.67. The van der Waals surface area contributed by atoms with E-state index in [9.17, 15) is 14.4 Å². The van der Waals surface area contributed by atoms with Crippen molar-refractivity contribution < 1.29 is 4.70 Å². The molecular weight excluding hydrogens is 183 g/mol. The van der Waals surface area contributed by atoms with Crippen molar-refractivity contribution in [2.75, 3.05) is 0 Å². The Kier molecular flexibility index (Phi) is 1.89. The summed E-state index contributed by atoms with van der Waals surface area (Å²) in [7, 11) is 0. The van der Waals surface area contributed by atoms with Crippen molar-refractivity contribution in [3.05, 3.63) is 31.3 Å². The van der Waals surface area contributed by atoms with E-state index in [4.69, 9.17) is 0 Å². The van der Waals surface area contributed by atoms with E-state index in [-0.39, 0.29) is 15.9 Å². The van der Waals surface area contributed by atoms with Crippen molar-refractivity contribution >= 4 is 11.2 Å². The molecule has 2 aromatic heterocycles. The number of H-pyrrole nitrogens is 4. The topological polar surface area (TPSA) is 114 Å². The minimum atomic E-state index is -0.650. The van der Waals surface area contributed by atoms with Crippen LogP contribution in [0.25, 0.3) is 11.2 Å². The maximum absolute atomic E-state index is 10.9. The first kappa shape index (κ1) is 8.97. The number of halogens is 1. The molecule has 0 atom stereocenters. The first-order valence-corrected chi connectivity index (χ1v) is 3.11. The SMILES string of the molecule is F.O=c1[nH]c(=O)c2[nH]c(=O)[nH]c2[nH]1. The predicted molar refractivity (Wildman–Crippen MR) is 42.7 cm³/mol. The maximum Gasteiger partial charge on any atom is 0.327 e. The normalized spacial score (nSPS) is 9.85. The minimum absolute atomic E-state index is 0. The van der Waals surface area contributed by atoms with E-state index in [2.05, 4.69) is 15.0 Å². The molecule has 0 aliphatic heterocycles. The van der Waals surface area contributed by atoms with E-state index in [0.29, 0.717) is 0 Å². The van der Waals surface area contributed by atoms with Gasteiger partial charge >= 0.3 is 11.4 Å². The van der Waals surface area contributed by atoms with Gasteiger partial charge in [0.25, 0.3) is 5.56 Å². The van der Waals surface area contributed by atoms with Crippen molar-refractivity contribution in [3.63, 3.8) is 0 Å². The van der Waals surface area contributed by atoms with Crippen LogP contribution in [0.15, 0.2) is 14.4 Å². The fourth-order valence-electron chi connectivity index (χ4n) is 0.958. The first-order chi connectivity index (χ1) is 5.66. The standard InChI is InChI=1S/C5H4N4O3.FH/c10-3-1-2(7-4(11)6-1)8-5(12)9-3;/h(H4,6,7,8,9,10,11,12);1H. The second kappa shape index (κ2) is 2.73. The second-order valence-electron chi connectivity index (χ2n) is 2.24. The Morgan fingerprint density at radius 2 is 1.31 bits per heavy atom. The lowest BCUT2D eigenvalue weighted by Gasteiger charge is -1.83. The molecule has 0 fully saturated rings. The lowest BCUT2D eigenvalue weighted by Crippen LogP contribution is -2.21. The average molecular weight is 188 g/mol. The molecule has 0 saturated carbocycles. The third kappa shape index (κ3) is 1.28. The number of hydrogen-bond donors (Lipinski definition) is 4. The molecule has 7 nitrogen and oxygen atoms in total. The average Bonchev–Trinajstić information content (AvgIpc) is 2.29. The number of hydrogen-bond acceptors (Lipinski definition) is 3. The molecule has 70 valence electrons. The summed E-state index contributed by atoms with van der Waals surface area (Å²) < 4.78 is 0. The molecule has 0 amide bonds. The summed E-state index contributed by atoms with van der Waals surface area (Å²) in [6.07, 6.45) is 0. The van der Waals surface area contributed by atoms with Crippen molar-refractivity contribution in [2.24, 2.45) is 0 Å². The van der Waals surface area contributed by atoms with Crippen LogP contribution < -0.4 is 16.9 Å². The summed E-state index contributed by atoms with van der Waals surface area (Å²) in [6, 6.07) is 0. The van der Waals surface area contributed by atoms with E-state index in [1.54, 1.807) is 0 Å². The minimum Gasteiger partial charge on any atom is -0.300 e. The fraction of sp³-hybridized carbons (Fsp3) is 0. The van der Waals surface area contributed by atoms with Gasteiger partial charge in [0, 0.05) is 0 Å². The first-order valence-electron chi connectivity index (χ1n) is 3.11. The Morgan fingerprint density at radius 1 is 0.769 bits per heavy atom. The summed E-state index contributed by atoms with van der Waals surface area (Å²) in [6.45, 7) is 0.